The topological polar surface area (TPSA) is 50.9 Å². The minimum Gasteiger partial charge on any atom is -0.318 e. The molecule has 0 radical (unpaired) electrons. The molecule has 1 aromatic heterocycles. The van der Waals surface area contributed by atoms with Crippen molar-refractivity contribution in [2.75, 3.05) is 13.1 Å². The van der Waals surface area contributed by atoms with Gasteiger partial charge in [-0.1, -0.05) is 6.07 Å². The van der Waals surface area contributed by atoms with E-state index in [4.69, 9.17) is 5.73 Å². The van der Waals surface area contributed by atoms with Gasteiger partial charge in [-0.25, -0.2) is 0 Å². The summed E-state index contributed by atoms with van der Waals surface area (Å²) in [5.41, 5.74) is 6.78. The number of nitrogens with two attached hydrogens (primary N) is 1. The Labute approximate surface area is 65.6 Å². The van der Waals surface area contributed by atoms with Crippen LogP contribution in [0.4, 0.5) is 0 Å². The third kappa shape index (κ3) is 1.02. The third-order valence-electron chi connectivity index (χ3n) is 2.06. The van der Waals surface area contributed by atoms with Crippen LogP contribution in [0.25, 0.3) is 0 Å². The van der Waals surface area contributed by atoms with Gasteiger partial charge in [-0.15, -0.1) is 0 Å². The van der Waals surface area contributed by atoms with Gasteiger partial charge in [0.2, 0.25) is 0 Å². The number of rotatable bonds is 1. The molecule has 3 heteroatoms. The van der Waals surface area contributed by atoms with Crippen LogP contribution in [0.5, 0.6) is 0 Å². The van der Waals surface area contributed by atoms with Gasteiger partial charge < -0.3 is 11.1 Å². The number of hydrogen-bond donors (Lipinski definition) is 2. The Morgan fingerprint density at radius 1 is 1.45 bits per heavy atom. The highest BCUT2D eigenvalue weighted by atomic mass is 15.1. The van der Waals surface area contributed by atoms with Gasteiger partial charge in [0, 0.05) is 19.3 Å². The van der Waals surface area contributed by atoms with Crippen molar-refractivity contribution in [2.45, 2.75) is 5.54 Å². The molecule has 0 bridgehead atoms. The molecular formula is C8H11N3. The molecular weight excluding hydrogens is 138 g/mol. The zero-order chi connectivity index (χ0) is 7.73. The standard InChI is InChI=1S/C8H11N3/c9-8(5-10-6-8)7-3-1-2-4-11-7/h1-4,10H,5-6,9H2. The molecule has 0 saturated carbocycles. The van der Waals surface area contributed by atoms with E-state index in [1.165, 1.54) is 0 Å². The highest BCUT2D eigenvalue weighted by Gasteiger charge is 2.35. The lowest BCUT2D eigenvalue weighted by molar-refractivity contribution is 0.279. The first kappa shape index (κ1) is 6.76. The van der Waals surface area contributed by atoms with Gasteiger partial charge >= 0.3 is 0 Å². The van der Waals surface area contributed by atoms with Gasteiger partial charge in [0.25, 0.3) is 0 Å². The van der Waals surface area contributed by atoms with Crippen LogP contribution in [0, 0.1) is 0 Å². The molecule has 0 amide bonds. The average Bonchev–Trinajstić information content (AvgIpc) is 2.02. The molecule has 11 heavy (non-hydrogen) atoms. The van der Waals surface area contributed by atoms with Crippen molar-refractivity contribution in [2.24, 2.45) is 5.73 Å². The van der Waals surface area contributed by atoms with Crippen molar-refractivity contribution in [3.63, 3.8) is 0 Å². The first-order chi connectivity index (χ1) is 5.31. The number of nitrogens with zero attached hydrogens (tertiary/aromatic N) is 1. The fourth-order valence-electron chi connectivity index (χ4n) is 1.23. The summed E-state index contributed by atoms with van der Waals surface area (Å²) < 4.78 is 0. The molecule has 1 aliphatic heterocycles. The molecule has 3 nitrogen and oxygen atoms in total. The van der Waals surface area contributed by atoms with Crippen molar-refractivity contribution in [1.29, 1.82) is 0 Å². The Hall–Kier alpha value is -0.930. The fraction of sp³-hybridized carbons (Fsp3) is 0.375. The predicted octanol–water partition coefficient (Wildman–Crippen LogP) is -0.161. The van der Waals surface area contributed by atoms with E-state index >= 15 is 0 Å². The minimum atomic E-state index is -0.207. The van der Waals surface area contributed by atoms with Gasteiger partial charge in [0.1, 0.15) is 0 Å². The lowest BCUT2D eigenvalue weighted by Gasteiger charge is -2.38. The quantitative estimate of drug-likeness (QED) is 0.583. The van der Waals surface area contributed by atoms with E-state index in [9.17, 15) is 0 Å². The number of nitrogens with one attached hydrogen (secondary N) is 1. The average molecular weight is 149 g/mol. The first-order valence-corrected chi connectivity index (χ1v) is 3.72. The normalized spacial score (nSPS) is 20.8. The van der Waals surface area contributed by atoms with Crippen molar-refractivity contribution in [3.05, 3.63) is 30.1 Å². The predicted molar refractivity (Wildman–Crippen MR) is 43.0 cm³/mol. The van der Waals surface area contributed by atoms with Crippen LogP contribution in [0.1, 0.15) is 5.69 Å². The Kier molecular flexibility index (Phi) is 1.41. The number of pyridine rings is 1. The third-order valence-corrected chi connectivity index (χ3v) is 2.06. The summed E-state index contributed by atoms with van der Waals surface area (Å²) >= 11 is 0. The molecule has 0 atom stereocenters. The molecule has 0 aliphatic carbocycles. The summed E-state index contributed by atoms with van der Waals surface area (Å²) in [5, 5.41) is 3.14. The van der Waals surface area contributed by atoms with E-state index in [2.05, 4.69) is 10.3 Å². The second-order valence-electron chi connectivity index (χ2n) is 2.97. The van der Waals surface area contributed by atoms with Gasteiger partial charge in [0.05, 0.1) is 11.2 Å². The van der Waals surface area contributed by atoms with Crippen LogP contribution in [0.2, 0.25) is 0 Å². The van der Waals surface area contributed by atoms with Crippen LogP contribution >= 0.6 is 0 Å². The smallest absolute Gasteiger partial charge is 0.0835 e. The first-order valence-electron chi connectivity index (χ1n) is 3.72. The molecule has 1 aromatic rings. The molecule has 58 valence electrons. The lowest BCUT2D eigenvalue weighted by Crippen LogP contribution is -2.63. The molecule has 0 spiro atoms. The second-order valence-corrected chi connectivity index (χ2v) is 2.97. The molecule has 0 aromatic carbocycles. The zero-order valence-electron chi connectivity index (χ0n) is 6.25. The summed E-state index contributed by atoms with van der Waals surface area (Å²) in [7, 11) is 0. The monoisotopic (exact) mass is 149 g/mol. The molecule has 1 fully saturated rings. The van der Waals surface area contributed by atoms with Gasteiger partial charge in [0.15, 0.2) is 0 Å². The van der Waals surface area contributed by atoms with Gasteiger partial charge in [-0.3, -0.25) is 4.98 Å². The Balaban J connectivity index is 2.29. The SMILES string of the molecule is NC1(c2ccccn2)CNC1. The van der Waals surface area contributed by atoms with Gasteiger partial charge in [-0.2, -0.15) is 0 Å². The highest BCUT2D eigenvalue weighted by Crippen LogP contribution is 2.19. The minimum absolute atomic E-state index is 0.207. The van der Waals surface area contributed by atoms with Crippen molar-refractivity contribution in [3.8, 4) is 0 Å². The van der Waals surface area contributed by atoms with E-state index in [-0.39, 0.29) is 5.54 Å². The molecule has 2 heterocycles. The van der Waals surface area contributed by atoms with E-state index in [0.29, 0.717) is 0 Å². The number of aromatic nitrogens is 1. The van der Waals surface area contributed by atoms with Crippen LogP contribution < -0.4 is 11.1 Å². The summed E-state index contributed by atoms with van der Waals surface area (Å²) in [4.78, 5) is 4.21. The summed E-state index contributed by atoms with van der Waals surface area (Å²) in [6.45, 7) is 1.67. The summed E-state index contributed by atoms with van der Waals surface area (Å²) in [5.74, 6) is 0. The fourth-order valence-corrected chi connectivity index (χ4v) is 1.23. The summed E-state index contributed by atoms with van der Waals surface area (Å²) in [6.07, 6.45) is 1.78. The van der Waals surface area contributed by atoms with Crippen molar-refractivity contribution >= 4 is 0 Å². The van der Waals surface area contributed by atoms with Gasteiger partial charge in [-0.05, 0) is 12.1 Å². The van der Waals surface area contributed by atoms with Crippen LogP contribution in [0.3, 0.4) is 0 Å². The Morgan fingerprint density at radius 2 is 2.27 bits per heavy atom. The van der Waals surface area contributed by atoms with Crippen LogP contribution in [-0.4, -0.2) is 18.1 Å². The Bertz CT molecular complexity index is 241. The maximum Gasteiger partial charge on any atom is 0.0835 e. The zero-order valence-corrected chi connectivity index (χ0v) is 6.25. The van der Waals surface area contributed by atoms with E-state index in [0.717, 1.165) is 18.8 Å². The molecule has 1 saturated heterocycles. The van der Waals surface area contributed by atoms with Crippen LogP contribution in [0.15, 0.2) is 24.4 Å². The molecule has 3 N–H and O–H groups in total. The molecule has 2 rings (SSSR count). The Morgan fingerprint density at radius 3 is 2.73 bits per heavy atom. The molecule has 1 aliphatic rings. The van der Waals surface area contributed by atoms with E-state index in [1.807, 2.05) is 18.2 Å². The maximum atomic E-state index is 6.00. The van der Waals surface area contributed by atoms with E-state index < -0.39 is 0 Å². The van der Waals surface area contributed by atoms with Crippen molar-refractivity contribution < 1.29 is 0 Å². The number of hydrogen-bond acceptors (Lipinski definition) is 3. The molecule has 0 unspecified atom stereocenters. The second kappa shape index (κ2) is 2.29. The van der Waals surface area contributed by atoms with Crippen molar-refractivity contribution in [1.82, 2.24) is 10.3 Å². The van der Waals surface area contributed by atoms with Crippen LogP contribution in [-0.2, 0) is 5.54 Å². The maximum absolute atomic E-state index is 6.00. The van der Waals surface area contributed by atoms with E-state index in [1.54, 1.807) is 6.20 Å². The highest BCUT2D eigenvalue weighted by molar-refractivity contribution is 5.20. The summed E-state index contributed by atoms with van der Waals surface area (Å²) in [6, 6.07) is 5.84. The largest absolute Gasteiger partial charge is 0.318 e. The lowest BCUT2D eigenvalue weighted by atomic mass is 9.89.